The molecule has 0 saturated heterocycles. The minimum Gasteiger partial charge on any atom is -0.311 e. The fourth-order valence-electron chi connectivity index (χ4n) is 1.71. The zero-order chi connectivity index (χ0) is 12.0. The zero-order valence-corrected chi connectivity index (χ0v) is 10.3. The lowest BCUT2D eigenvalue weighted by atomic mass is 10.2. The van der Waals surface area contributed by atoms with Crippen molar-refractivity contribution in [1.29, 1.82) is 0 Å². The molecule has 0 aliphatic heterocycles. The first-order chi connectivity index (χ1) is 7.65. The van der Waals surface area contributed by atoms with E-state index in [-0.39, 0.29) is 5.82 Å². The summed E-state index contributed by atoms with van der Waals surface area (Å²) in [6, 6.07) is 7.41. The molecule has 1 aromatic rings. The second-order valence-corrected chi connectivity index (χ2v) is 4.25. The molecule has 0 aromatic heterocycles. The highest BCUT2D eigenvalue weighted by atomic mass is 19.1. The third-order valence-electron chi connectivity index (χ3n) is 2.85. The number of benzene rings is 1. The molecule has 1 rings (SSSR count). The first-order valence-corrected chi connectivity index (χ1v) is 5.75. The maximum Gasteiger partial charge on any atom is 0.127 e. The molecule has 0 amide bonds. The Morgan fingerprint density at radius 2 is 2.00 bits per heavy atom. The number of nitrogens with zero attached hydrogens (tertiary/aromatic N) is 1. The molecule has 1 aromatic carbocycles. The average Bonchev–Trinajstić information content (AvgIpc) is 2.26. The van der Waals surface area contributed by atoms with Gasteiger partial charge in [-0.15, -0.1) is 0 Å². The molecule has 0 radical (unpaired) electrons. The van der Waals surface area contributed by atoms with Gasteiger partial charge in [0.2, 0.25) is 0 Å². The van der Waals surface area contributed by atoms with Gasteiger partial charge in [-0.1, -0.05) is 25.1 Å². The summed E-state index contributed by atoms with van der Waals surface area (Å²) >= 11 is 0. The van der Waals surface area contributed by atoms with Crippen molar-refractivity contribution in [2.75, 3.05) is 20.6 Å². The lowest BCUT2D eigenvalue weighted by Gasteiger charge is -2.23. The van der Waals surface area contributed by atoms with Crippen molar-refractivity contribution in [3.8, 4) is 0 Å². The molecule has 0 saturated carbocycles. The monoisotopic (exact) mass is 224 g/mol. The first-order valence-electron chi connectivity index (χ1n) is 5.75. The molecule has 1 atom stereocenters. The van der Waals surface area contributed by atoms with E-state index in [1.807, 2.05) is 12.1 Å². The van der Waals surface area contributed by atoms with Crippen LogP contribution in [-0.4, -0.2) is 31.6 Å². The summed E-state index contributed by atoms with van der Waals surface area (Å²) in [5, 5.41) is 3.29. The summed E-state index contributed by atoms with van der Waals surface area (Å²) < 4.78 is 13.3. The Balaban J connectivity index is 2.38. The molecule has 90 valence electrons. The fourth-order valence-corrected chi connectivity index (χ4v) is 1.71. The van der Waals surface area contributed by atoms with Crippen molar-refractivity contribution >= 4 is 0 Å². The van der Waals surface area contributed by atoms with Crippen LogP contribution in [0.5, 0.6) is 0 Å². The maximum absolute atomic E-state index is 13.3. The highest BCUT2D eigenvalue weighted by Crippen LogP contribution is 2.06. The van der Waals surface area contributed by atoms with Crippen molar-refractivity contribution in [2.24, 2.45) is 0 Å². The van der Waals surface area contributed by atoms with Gasteiger partial charge in [-0.3, -0.25) is 0 Å². The van der Waals surface area contributed by atoms with E-state index in [0.717, 1.165) is 18.5 Å². The quantitative estimate of drug-likeness (QED) is 0.797. The normalized spacial score (nSPS) is 13.1. The molecule has 0 heterocycles. The SMILES string of the molecule is CCC(CNCc1ccccc1F)N(C)C. The number of hydrogen-bond donors (Lipinski definition) is 1. The van der Waals surface area contributed by atoms with Gasteiger partial charge < -0.3 is 10.2 Å². The van der Waals surface area contributed by atoms with Crippen LogP contribution in [0.1, 0.15) is 18.9 Å². The van der Waals surface area contributed by atoms with Crippen LogP contribution < -0.4 is 5.32 Å². The summed E-state index contributed by atoms with van der Waals surface area (Å²) in [6.45, 7) is 3.64. The van der Waals surface area contributed by atoms with Gasteiger partial charge in [0.25, 0.3) is 0 Å². The van der Waals surface area contributed by atoms with Crippen LogP contribution >= 0.6 is 0 Å². The topological polar surface area (TPSA) is 15.3 Å². The minimum absolute atomic E-state index is 0.132. The Morgan fingerprint density at radius 1 is 1.31 bits per heavy atom. The molecular formula is C13H21FN2. The third kappa shape index (κ3) is 3.91. The van der Waals surface area contributed by atoms with Crippen LogP contribution in [0.3, 0.4) is 0 Å². The minimum atomic E-state index is -0.132. The van der Waals surface area contributed by atoms with E-state index in [0.29, 0.717) is 12.6 Å². The van der Waals surface area contributed by atoms with Gasteiger partial charge in [0.15, 0.2) is 0 Å². The van der Waals surface area contributed by atoms with Gasteiger partial charge in [0, 0.05) is 24.7 Å². The van der Waals surface area contributed by atoms with Crippen LogP contribution in [0.2, 0.25) is 0 Å². The summed E-state index contributed by atoms with van der Waals surface area (Å²) in [6.07, 6.45) is 1.09. The number of nitrogens with one attached hydrogen (secondary N) is 1. The Bertz CT molecular complexity index is 313. The van der Waals surface area contributed by atoms with Crippen LogP contribution in [0, 0.1) is 5.82 Å². The molecule has 0 aliphatic rings. The van der Waals surface area contributed by atoms with Crippen LogP contribution in [0.4, 0.5) is 4.39 Å². The third-order valence-corrected chi connectivity index (χ3v) is 2.85. The Morgan fingerprint density at radius 3 is 2.56 bits per heavy atom. The summed E-state index contributed by atoms with van der Waals surface area (Å²) in [7, 11) is 4.14. The van der Waals surface area contributed by atoms with Gasteiger partial charge in [0.05, 0.1) is 0 Å². The molecule has 1 unspecified atom stereocenters. The lowest BCUT2D eigenvalue weighted by Crippen LogP contribution is -2.37. The van der Waals surface area contributed by atoms with Crippen molar-refractivity contribution in [3.63, 3.8) is 0 Å². The average molecular weight is 224 g/mol. The van der Waals surface area contributed by atoms with E-state index in [2.05, 4.69) is 31.2 Å². The molecule has 0 fully saturated rings. The fraction of sp³-hybridized carbons (Fsp3) is 0.538. The van der Waals surface area contributed by atoms with Crippen molar-refractivity contribution in [3.05, 3.63) is 35.6 Å². The maximum atomic E-state index is 13.3. The van der Waals surface area contributed by atoms with Gasteiger partial charge >= 0.3 is 0 Å². The molecule has 0 aliphatic carbocycles. The van der Waals surface area contributed by atoms with E-state index in [4.69, 9.17) is 0 Å². The zero-order valence-electron chi connectivity index (χ0n) is 10.3. The number of rotatable bonds is 6. The summed E-state index contributed by atoms with van der Waals surface area (Å²) in [5.41, 5.74) is 0.733. The van der Waals surface area contributed by atoms with Gasteiger partial charge in [-0.2, -0.15) is 0 Å². The Labute approximate surface area is 97.5 Å². The number of halogens is 1. The van der Waals surface area contributed by atoms with Crippen molar-refractivity contribution < 1.29 is 4.39 Å². The lowest BCUT2D eigenvalue weighted by molar-refractivity contribution is 0.275. The highest BCUT2D eigenvalue weighted by Gasteiger charge is 2.08. The van der Waals surface area contributed by atoms with Crippen molar-refractivity contribution in [1.82, 2.24) is 10.2 Å². The molecule has 0 spiro atoms. The predicted molar refractivity (Wildman–Crippen MR) is 65.9 cm³/mol. The smallest absolute Gasteiger partial charge is 0.127 e. The van der Waals surface area contributed by atoms with Gasteiger partial charge in [-0.05, 0) is 26.6 Å². The van der Waals surface area contributed by atoms with Crippen LogP contribution in [-0.2, 0) is 6.54 Å². The summed E-state index contributed by atoms with van der Waals surface area (Å²) in [4.78, 5) is 2.19. The van der Waals surface area contributed by atoms with E-state index in [1.54, 1.807) is 6.07 Å². The second-order valence-electron chi connectivity index (χ2n) is 4.25. The Kier molecular flexibility index (Phi) is 5.43. The number of hydrogen-bond acceptors (Lipinski definition) is 2. The molecule has 3 heteroatoms. The van der Waals surface area contributed by atoms with E-state index in [1.165, 1.54) is 6.07 Å². The van der Waals surface area contributed by atoms with E-state index >= 15 is 0 Å². The molecule has 16 heavy (non-hydrogen) atoms. The Hall–Kier alpha value is -0.930. The number of likely N-dealkylation sites (N-methyl/N-ethyl adjacent to an activating group) is 1. The molecular weight excluding hydrogens is 203 g/mol. The van der Waals surface area contributed by atoms with E-state index in [9.17, 15) is 4.39 Å². The summed E-state index contributed by atoms with van der Waals surface area (Å²) in [5.74, 6) is -0.132. The van der Waals surface area contributed by atoms with Crippen LogP contribution in [0.15, 0.2) is 24.3 Å². The standard InChI is InChI=1S/C13H21FN2/c1-4-12(16(2)3)10-15-9-11-7-5-6-8-13(11)14/h5-8,12,15H,4,9-10H2,1-3H3. The predicted octanol–water partition coefficient (Wildman–Crippen LogP) is 2.26. The van der Waals surface area contributed by atoms with E-state index < -0.39 is 0 Å². The first kappa shape index (κ1) is 13.1. The van der Waals surface area contributed by atoms with Gasteiger partial charge in [-0.25, -0.2) is 4.39 Å². The second kappa shape index (κ2) is 6.61. The van der Waals surface area contributed by atoms with Crippen molar-refractivity contribution in [2.45, 2.75) is 25.9 Å². The molecule has 1 N–H and O–H groups in total. The van der Waals surface area contributed by atoms with Crippen LogP contribution in [0.25, 0.3) is 0 Å². The molecule has 0 bridgehead atoms. The highest BCUT2D eigenvalue weighted by molar-refractivity contribution is 5.16. The molecule has 2 nitrogen and oxygen atoms in total. The largest absolute Gasteiger partial charge is 0.311 e. The van der Waals surface area contributed by atoms with Gasteiger partial charge in [0.1, 0.15) is 5.82 Å².